The molecular weight excluding hydrogens is 340 g/mol. The molecule has 0 heterocycles. The van der Waals surface area contributed by atoms with Gasteiger partial charge in [-0.3, -0.25) is 14.9 Å². The van der Waals surface area contributed by atoms with Gasteiger partial charge in [0.2, 0.25) is 0 Å². The molecule has 0 spiro atoms. The van der Waals surface area contributed by atoms with E-state index in [1.807, 2.05) is 0 Å². The molecule has 1 amide bonds. The van der Waals surface area contributed by atoms with Crippen molar-refractivity contribution in [2.75, 3.05) is 13.2 Å². The van der Waals surface area contributed by atoms with E-state index < -0.39 is 24.1 Å². The summed E-state index contributed by atoms with van der Waals surface area (Å²) in [5.74, 6) is -0.209. The van der Waals surface area contributed by atoms with Crippen molar-refractivity contribution in [3.63, 3.8) is 0 Å². The third-order valence-electron chi connectivity index (χ3n) is 4.82. The standard InChI is InChI=1S/C18H24N2O6/c1-12-6-5-7-14(13(12)2)19-17(21)10-26-18(22)11-25-16-9-4-3-8-15(16)20(23)24/h3-4,8-9,12-14H,5-7,10-11H2,1-2H3,(H,19,21)/t12-,13-,14-/m1/s1. The fourth-order valence-electron chi connectivity index (χ4n) is 3.09. The number of nitro benzene ring substituents is 1. The minimum absolute atomic E-state index is 0.0241. The van der Waals surface area contributed by atoms with Crippen LogP contribution in [0.3, 0.4) is 0 Å². The molecule has 1 fully saturated rings. The van der Waals surface area contributed by atoms with Crippen LogP contribution in [0.2, 0.25) is 0 Å². The van der Waals surface area contributed by atoms with Gasteiger partial charge in [-0.15, -0.1) is 0 Å². The van der Waals surface area contributed by atoms with Crippen molar-refractivity contribution in [1.29, 1.82) is 0 Å². The summed E-state index contributed by atoms with van der Waals surface area (Å²) in [6, 6.07) is 5.83. The number of amides is 1. The first-order valence-electron chi connectivity index (χ1n) is 8.69. The maximum atomic E-state index is 12.0. The Kier molecular flexibility index (Phi) is 6.94. The average Bonchev–Trinajstić information content (AvgIpc) is 2.62. The summed E-state index contributed by atoms with van der Waals surface area (Å²) < 4.78 is 10.0. The summed E-state index contributed by atoms with van der Waals surface area (Å²) in [6.45, 7) is 3.39. The molecule has 1 aromatic carbocycles. The number of rotatable bonds is 7. The van der Waals surface area contributed by atoms with Gasteiger partial charge in [-0.25, -0.2) is 4.79 Å². The van der Waals surface area contributed by atoms with Crippen LogP contribution in [0, 0.1) is 22.0 Å². The van der Waals surface area contributed by atoms with E-state index in [-0.39, 0.29) is 23.4 Å². The van der Waals surface area contributed by atoms with Crippen molar-refractivity contribution in [1.82, 2.24) is 5.32 Å². The summed E-state index contributed by atoms with van der Waals surface area (Å²) in [4.78, 5) is 34.0. The van der Waals surface area contributed by atoms with Gasteiger partial charge in [-0.2, -0.15) is 0 Å². The fraction of sp³-hybridized carbons (Fsp3) is 0.556. The van der Waals surface area contributed by atoms with Crippen LogP contribution in [-0.4, -0.2) is 36.1 Å². The number of benzene rings is 1. The van der Waals surface area contributed by atoms with Gasteiger partial charge in [0.1, 0.15) is 0 Å². The lowest BCUT2D eigenvalue weighted by molar-refractivity contribution is -0.385. The summed E-state index contributed by atoms with van der Waals surface area (Å²) in [7, 11) is 0. The molecule has 142 valence electrons. The Morgan fingerprint density at radius 2 is 1.96 bits per heavy atom. The average molecular weight is 364 g/mol. The van der Waals surface area contributed by atoms with Crippen LogP contribution in [0.1, 0.15) is 33.1 Å². The van der Waals surface area contributed by atoms with Gasteiger partial charge in [0.05, 0.1) is 4.92 Å². The van der Waals surface area contributed by atoms with Gasteiger partial charge in [-0.05, 0) is 24.3 Å². The van der Waals surface area contributed by atoms with Crippen LogP contribution >= 0.6 is 0 Å². The first-order chi connectivity index (χ1) is 12.4. The smallest absolute Gasteiger partial charge is 0.344 e. The highest BCUT2D eigenvalue weighted by atomic mass is 16.6. The second-order valence-electron chi connectivity index (χ2n) is 6.62. The van der Waals surface area contributed by atoms with Gasteiger partial charge in [0, 0.05) is 12.1 Å². The Morgan fingerprint density at radius 3 is 2.69 bits per heavy atom. The minimum Gasteiger partial charge on any atom is -0.475 e. The number of carbonyl (C=O) groups is 2. The van der Waals surface area contributed by atoms with Crippen LogP contribution in [0.15, 0.2) is 24.3 Å². The van der Waals surface area contributed by atoms with E-state index in [9.17, 15) is 19.7 Å². The molecule has 1 aromatic rings. The largest absolute Gasteiger partial charge is 0.475 e. The molecule has 1 saturated carbocycles. The molecule has 0 bridgehead atoms. The van der Waals surface area contributed by atoms with Crippen molar-refractivity contribution < 1.29 is 24.0 Å². The molecule has 0 unspecified atom stereocenters. The molecule has 0 aliphatic heterocycles. The normalized spacial score (nSPS) is 22.3. The van der Waals surface area contributed by atoms with E-state index >= 15 is 0 Å². The second-order valence-corrected chi connectivity index (χ2v) is 6.62. The van der Waals surface area contributed by atoms with Crippen molar-refractivity contribution >= 4 is 17.6 Å². The number of ether oxygens (including phenoxy) is 2. The fourth-order valence-corrected chi connectivity index (χ4v) is 3.09. The SMILES string of the molecule is C[C@@H]1[C@H](C)CCC[C@H]1NC(=O)COC(=O)COc1ccccc1[N+](=O)[O-]. The molecule has 0 radical (unpaired) electrons. The van der Waals surface area contributed by atoms with Gasteiger partial charge in [0.15, 0.2) is 19.0 Å². The molecule has 3 atom stereocenters. The van der Waals surface area contributed by atoms with E-state index in [2.05, 4.69) is 19.2 Å². The monoisotopic (exact) mass is 364 g/mol. The molecule has 8 nitrogen and oxygen atoms in total. The minimum atomic E-state index is -0.761. The molecule has 26 heavy (non-hydrogen) atoms. The molecular formula is C18H24N2O6. The first kappa shape index (κ1) is 19.7. The van der Waals surface area contributed by atoms with Crippen LogP contribution in [0.25, 0.3) is 0 Å². The zero-order valence-corrected chi connectivity index (χ0v) is 15.0. The van der Waals surface area contributed by atoms with Crippen molar-refractivity contribution in [3.8, 4) is 5.75 Å². The maximum Gasteiger partial charge on any atom is 0.344 e. The number of nitrogens with one attached hydrogen (secondary N) is 1. The van der Waals surface area contributed by atoms with E-state index in [4.69, 9.17) is 9.47 Å². The predicted octanol–water partition coefficient (Wildman–Crippen LogP) is 2.46. The topological polar surface area (TPSA) is 108 Å². The van der Waals surface area contributed by atoms with Crippen LogP contribution in [-0.2, 0) is 14.3 Å². The summed E-state index contributed by atoms with van der Waals surface area (Å²) in [6.07, 6.45) is 3.15. The van der Waals surface area contributed by atoms with Crippen molar-refractivity contribution in [2.24, 2.45) is 11.8 Å². The molecule has 1 aliphatic rings. The van der Waals surface area contributed by atoms with Crippen molar-refractivity contribution in [2.45, 2.75) is 39.2 Å². The lowest BCUT2D eigenvalue weighted by Gasteiger charge is -2.34. The van der Waals surface area contributed by atoms with E-state index in [1.54, 1.807) is 6.07 Å². The van der Waals surface area contributed by atoms with Crippen LogP contribution in [0.4, 0.5) is 5.69 Å². The lowest BCUT2D eigenvalue weighted by atomic mass is 9.78. The quantitative estimate of drug-likeness (QED) is 0.452. The number of carbonyl (C=O) groups excluding carboxylic acids is 2. The maximum absolute atomic E-state index is 12.0. The Balaban J connectivity index is 1.75. The van der Waals surface area contributed by atoms with Gasteiger partial charge < -0.3 is 14.8 Å². The number of para-hydroxylation sites is 2. The van der Waals surface area contributed by atoms with Gasteiger partial charge in [0.25, 0.3) is 5.91 Å². The molecule has 2 rings (SSSR count). The lowest BCUT2D eigenvalue weighted by Crippen LogP contribution is -2.45. The van der Waals surface area contributed by atoms with Gasteiger partial charge >= 0.3 is 11.7 Å². The number of nitro groups is 1. The first-order valence-corrected chi connectivity index (χ1v) is 8.69. The summed E-state index contributed by atoms with van der Waals surface area (Å²) >= 11 is 0. The number of esters is 1. The van der Waals surface area contributed by atoms with Crippen LogP contribution < -0.4 is 10.1 Å². The molecule has 0 saturated heterocycles. The van der Waals surface area contributed by atoms with Gasteiger partial charge in [-0.1, -0.05) is 38.8 Å². The Hall–Kier alpha value is -2.64. The molecule has 0 aromatic heterocycles. The second kappa shape index (κ2) is 9.17. The zero-order valence-electron chi connectivity index (χ0n) is 15.0. The molecule has 1 aliphatic carbocycles. The predicted molar refractivity (Wildman–Crippen MR) is 93.7 cm³/mol. The number of hydrogen-bond donors (Lipinski definition) is 1. The Morgan fingerprint density at radius 1 is 1.23 bits per heavy atom. The number of nitrogens with zero attached hydrogens (tertiary/aromatic N) is 1. The van der Waals surface area contributed by atoms with Crippen LogP contribution in [0.5, 0.6) is 5.75 Å². The Bertz CT molecular complexity index is 663. The molecule has 1 N–H and O–H groups in total. The Labute approximate surface area is 152 Å². The highest BCUT2D eigenvalue weighted by molar-refractivity contribution is 5.81. The third kappa shape index (κ3) is 5.44. The van der Waals surface area contributed by atoms with E-state index in [0.29, 0.717) is 11.8 Å². The highest BCUT2D eigenvalue weighted by Crippen LogP contribution is 2.29. The number of hydrogen-bond acceptors (Lipinski definition) is 6. The van der Waals surface area contributed by atoms with Crippen molar-refractivity contribution in [3.05, 3.63) is 34.4 Å². The zero-order chi connectivity index (χ0) is 19.1. The van der Waals surface area contributed by atoms with E-state index in [1.165, 1.54) is 18.2 Å². The van der Waals surface area contributed by atoms with E-state index in [0.717, 1.165) is 19.3 Å². The highest BCUT2D eigenvalue weighted by Gasteiger charge is 2.28. The summed E-state index contributed by atoms with van der Waals surface area (Å²) in [5.41, 5.74) is -0.238. The molecule has 8 heteroatoms. The summed E-state index contributed by atoms with van der Waals surface area (Å²) in [5, 5.41) is 13.8. The third-order valence-corrected chi connectivity index (χ3v) is 4.82.